The van der Waals surface area contributed by atoms with E-state index in [-0.39, 0.29) is 5.97 Å². The fraction of sp³-hybridized carbons (Fsp3) is 0.789. The van der Waals surface area contributed by atoms with E-state index >= 15 is 0 Å². The minimum absolute atomic E-state index is 0.336. The van der Waals surface area contributed by atoms with Crippen molar-refractivity contribution in [2.45, 2.75) is 88.9 Å². The van der Waals surface area contributed by atoms with Gasteiger partial charge in [0.25, 0.3) is 0 Å². The minimum atomic E-state index is -0.964. The third-order valence-electron chi connectivity index (χ3n) is 4.41. The summed E-state index contributed by atoms with van der Waals surface area (Å²) in [6.45, 7) is 8.98. The third-order valence-corrected chi connectivity index (χ3v) is 9.44. The molecule has 0 spiro atoms. The Morgan fingerprint density at radius 3 is 2.08 bits per heavy atom. The molecule has 1 aromatic rings. The van der Waals surface area contributed by atoms with Crippen molar-refractivity contribution in [1.29, 1.82) is 0 Å². The van der Waals surface area contributed by atoms with Gasteiger partial charge in [-0.15, -0.1) is 0 Å². The molecule has 24 heavy (non-hydrogen) atoms. The number of nitrogens with zero attached hydrogens (tertiary/aromatic N) is 1. The Balaban J connectivity index is 2.89. The number of carbonyl (C=O) groups is 1. The molecule has 0 fully saturated rings. The Morgan fingerprint density at radius 2 is 1.62 bits per heavy atom. The van der Waals surface area contributed by atoms with Gasteiger partial charge in [-0.3, -0.25) is 0 Å². The number of esters is 1. The van der Waals surface area contributed by atoms with E-state index in [2.05, 4.69) is 25.9 Å². The van der Waals surface area contributed by atoms with Crippen LogP contribution in [0.3, 0.4) is 0 Å². The SMILES string of the molecule is CCCC[C](CCCC)(CCCC)[Sn][c]1cc(C(=O)OCC)no1. The average Bonchev–Trinajstić information content (AvgIpc) is 3.04. The zero-order valence-corrected chi connectivity index (χ0v) is 18.7. The van der Waals surface area contributed by atoms with E-state index < -0.39 is 21.1 Å². The van der Waals surface area contributed by atoms with Crippen LogP contribution in [0, 0.1) is 0 Å². The molecular formula is C19H33NO3Sn. The van der Waals surface area contributed by atoms with Gasteiger partial charge in [-0.2, -0.15) is 0 Å². The molecule has 0 aliphatic heterocycles. The van der Waals surface area contributed by atoms with E-state index in [9.17, 15) is 4.79 Å². The van der Waals surface area contributed by atoms with Crippen molar-refractivity contribution in [3.05, 3.63) is 11.8 Å². The van der Waals surface area contributed by atoms with Crippen LogP contribution in [-0.4, -0.2) is 38.9 Å². The Bertz CT molecular complexity index is 451. The predicted octanol–water partition coefficient (Wildman–Crippen LogP) is 4.91. The molecule has 5 heteroatoms. The van der Waals surface area contributed by atoms with Gasteiger partial charge in [0.1, 0.15) is 0 Å². The number of carbonyl (C=O) groups excluding carboxylic acids is 1. The maximum absolute atomic E-state index is 11.8. The Morgan fingerprint density at radius 1 is 1.08 bits per heavy atom. The van der Waals surface area contributed by atoms with Crippen LogP contribution in [0.25, 0.3) is 0 Å². The first-order valence-electron chi connectivity index (χ1n) is 9.52. The van der Waals surface area contributed by atoms with Crippen molar-refractivity contribution in [3.8, 4) is 0 Å². The standard InChI is InChI=1S/C13H27.C6H6NO3.Sn/c1-4-7-10-13(11-8-5-2)12-9-6-3;1-2-9-6(8)5-3-4-10-7-5;/h4-12H2,1-3H3;3H,2H2,1H3;. The normalized spacial score (nSPS) is 11.7. The molecule has 0 N–H and O–H groups in total. The average molecular weight is 442 g/mol. The maximum atomic E-state index is 11.8. The van der Waals surface area contributed by atoms with Crippen LogP contribution < -0.4 is 3.78 Å². The second kappa shape index (κ2) is 11.9. The second-order valence-corrected chi connectivity index (χ2v) is 11.7. The Kier molecular flexibility index (Phi) is 10.7. The van der Waals surface area contributed by atoms with Crippen LogP contribution in [0.5, 0.6) is 0 Å². The topological polar surface area (TPSA) is 52.3 Å². The van der Waals surface area contributed by atoms with Gasteiger partial charge >= 0.3 is 157 Å². The van der Waals surface area contributed by atoms with E-state index in [4.69, 9.17) is 9.26 Å². The molecule has 1 aromatic heterocycles. The van der Waals surface area contributed by atoms with Gasteiger partial charge in [0.2, 0.25) is 0 Å². The van der Waals surface area contributed by atoms with Gasteiger partial charge in [0.15, 0.2) is 0 Å². The van der Waals surface area contributed by atoms with Gasteiger partial charge in [0.05, 0.1) is 0 Å². The number of unbranched alkanes of at least 4 members (excludes halogenated alkanes) is 3. The van der Waals surface area contributed by atoms with Crippen LogP contribution in [-0.2, 0) is 4.74 Å². The molecule has 0 amide bonds. The Hall–Kier alpha value is -0.521. The molecule has 0 aliphatic carbocycles. The van der Waals surface area contributed by atoms with E-state index in [1.165, 1.54) is 57.8 Å². The molecule has 0 aromatic carbocycles. The molecule has 0 aliphatic rings. The molecule has 0 atom stereocenters. The third kappa shape index (κ3) is 7.16. The van der Waals surface area contributed by atoms with Gasteiger partial charge in [0, 0.05) is 0 Å². The summed E-state index contributed by atoms with van der Waals surface area (Å²) in [4.78, 5) is 11.8. The second-order valence-electron chi connectivity index (χ2n) is 6.51. The van der Waals surface area contributed by atoms with Crippen LogP contribution in [0.4, 0.5) is 0 Å². The molecule has 0 unspecified atom stereocenters. The van der Waals surface area contributed by atoms with Gasteiger partial charge in [-0.25, -0.2) is 0 Å². The zero-order chi connectivity index (χ0) is 17.8. The summed E-state index contributed by atoms with van der Waals surface area (Å²) < 4.78 is 12.0. The molecule has 0 bridgehead atoms. The monoisotopic (exact) mass is 443 g/mol. The van der Waals surface area contributed by atoms with Crippen LogP contribution in [0.15, 0.2) is 10.6 Å². The van der Waals surface area contributed by atoms with E-state index in [0.717, 1.165) is 3.78 Å². The van der Waals surface area contributed by atoms with E-state index in [1.807, 2.05) is 6.07 Å². The van der Waals surface area contributed by atoms with Crippen LogP contribution in [0.1, 0.15) is 96.0 Å². The summed E-state index contributed by atoms with van der Waals surface area (Å²) in [7, 11) is 0. The van der Waals surface area contributed by atoms with Gasteiger partial charge < -0.3 is 0 Å². The molecular weight excluding hydrogens is 409 g/mol. The van der Waals surface area contributed by atoms with Crippen molar-refractivity contribution in [1.82, 2.24) is 5.16 Å². The van der Waals surface area contributed by atoms with Crippen molar-refractivity contribution in [2.75, 3.05) is 6.61 Å². The molecule has 0 saturated heterocycles. The predicted molar refractivity (Wildman–Crippen MR) is 99.1 cm³/mol. The first kappa shape index (κ1) is 21.5. The van der Waals surface area contributed by atoms with Crippen molar-refractivity contribution < 1.29 is 14.1 Å². The molecule has 2 radical (unpaired) electrons. The molecule has 4 nitrogen and oxygen atoms in total. The summed E-state index contributed by atoms with van der Waals surface area (Å²) in [5.74, 6) is -0.367. The number of aromatic nitrogens is 1. The number of hydrogen-bond donors (Lipinski definition) is 0. The van der Waals surface area contributed by atoms with Gasteiger partial charge in [-0.1, -0.05) is 0 Å². The fourth-order valence-electron chi connectivity index (χ4n) is 3.00. The summed E-state index contributed by atoms with van der Waals surface area (Å²) in [6.07, 6.45) is 11.5. The molecule has 1 rings (SSSR count). The first-order valence-corrected chi connectivity index (χ1v) is 12.4. The summed E-state index contributed by atoms with van der Waals surface area (Å²) >= 11 is -0.964. The van der Waals surface area contributed by atoms with Crippen LogP contribution in [0.2, 0.25) is 3.43 Å². The first-order chi connectivity index (χ1) is 11.6. The van der Waals surface area contributed by atoms with E-state index in [0.29, 0.717) is 15.7 Å². The molecule has 0 saturated carbocycles. The number of rotatable bonds is 13. The van der Waals surface area contributed by atoms with Crippen molar-refractivity contribution >= 4 is 30.9 Å². The molecule has 136 valence electrons. The number of ether oxygens (including phenoxy) is 1. The fourth-order valence-corrected chi connectivity index (χ4v) is 7.94. The van der Waals surface area contributed by atoms with Crippen molar-refractivity contribution in [3.63, 3.8) is 0 Å². The van der Waals surface area contributed by atoms with Gasteiger partial charge in [-0.05, 0) is 0 Å². The van der Waals surface area contributed by atoms with E-state index in [1.54, 1.807) is 6.92 Å². The summed E-state index contributed by atoms with van der Waals surface area (Å²) in [5, 5.41) is 3.95. The quantitative estimate of drug-likeness (QED) is 0.322. The van der Waals surface area contributed by atoms with Crippen molar-refractivity contribution in [2.24, 2.45) is 0 Å². The molecule has 1 heterocycles. The number of hydrogen-bond acceptors (Lipinski definition) is 4. The summed E-state index contributed by atoms with van der Waals surface area (Å²) in [5.41, 5.74) is 0.336. The summed E-state index contributed by atoms with van der Waals surface area (Å²) in [6, 6.07) is 1.85. The zero-order valence-electron chi connectivity index (χ0n) is 15.8. The Labute approximate surface area is 157 Å². The van der Waals surface area contributed by atoms with Crippen LogP contribution >= 0.6 is 0 Å².